The molecule has 4 heteroatoms. The second-order valence-corrected chi connectivity index (χ2v) is 5.15. The van der Waals surface area contributed by atoms with E-state index in [9.17, 15) is 4.79 Å². The van der Waals surface area contributed by atoms with Crippen molar-refractivity contribution in [2.24, 2.45) is 0 Å². The molecule has 0 aliphatic carbocycles. The number of anilines is 1. The number of carbonyl (C=O) groups excluding carboxylic acids is 1. The summed E-state index contributed by atoms with van der Waals surface area (Å²) < 4.78 is 5.14. The number of rotatable bonds is 5. The average molecular weight is 298 g/mol. The number of carbonyl (C=O) groups is 1. The summed E-state index contributed by atoms with van der Waals surface area (Å²) in [6.07, 6.45) is 1.01. The van der Waals surface area contributed by atoms with Gasteiger partial charge in [-0.15, -0.1) is 0 Å². The number of hydrogen-bond donors (Lipinski definition) is 2. The van der Waals surface area contributed by atoms with Crippen LogP contribution in [0, 0.1) is 0 Å². The van der Waals surface area contributed by atoms with E-state index in [-0.39, 0.29) is 12.1 Å². The molecule has 0 spiro atoms. The lowest BCUT2D eigenvalue weighted by Crippen LogP contribution is -2.31. The van der Waals surface area contributed by atoms with Crippen LogP contribution in [0.1, 0.15) is 31.0 Å². The van der Waals surface area contributed by atoms with E-state index in [4.69, 9.17) is 4.74 Å². The summed E-state index contributed by atoms with van der Waals surface area (Å²) >= 11 is 0. The molecule has 116 valence electrons. The summed E-state index contributed by atoms with van der Waals surface area (Å²) in [5.41, 5.74) is 3.07. The molecule has 0 saturated carbocycles. The van der Waals surface area contributed by atoms with Gasteiger partial charge >= 0.3 is 6.03 Å². The van der Waals surface area contributed by atoms with Gasteiger partial charge < -0.3 is 15.4 Å². The van der Waals surface area contributed by atoms with Crippen molar-refractivity contribution in [2.75, 3.05) is 12.4 Å². The van der Waals surface area contributed by atoms with E-state index in [1.165, 1.54) is 5.56 Å². The highest BCUT2D eigenvalue weighted by molar-refractivity contribution is 5.89. The van der Waals surface area contributed by atoms with Gasteiger partial charge in [-0.25, -0.2) is 4.79 Å². The van der Waals surface area contributed by atoms with Crippen LogP contribution in [0.5, 0.6) is 5.75 Å². The Morgan fingerprint density at radius 3 is 2.55 bits per heavy atom. The monoisotopic (exact) mass is 298 g/mol. The van der Waals surface area contributed by atoms with E-state index in [2.05, 4.69) is 41.8 Å². The van der Waals surface area contributed by atoms with E-state index in [1.54, 1.807) is 13.2 Å². The summed E-state index contributed by atoms with van der Waals surface area (Å²) in [6.45, 7) is 4.09. The van der Waals surface area contributed by atoms with Crippen LogP contribution in [-0.4, -0.2) is 13.1 Å². The molecule has 22 heavy (non-hydrogen) atoms. The highest BCUT2D eigenvalue weighted by Crippen LogP contribution is 2.17. The molecule has 1 unspecified atom stereocenters. The van der Waals surface area contributed by atoms with E-state index in [0.29, 0.717) is 11.4 Å². The molecule has 0 aliphatic rings. The highest BCUT2D eigenvalue weighted by Gasteiger charge is 2.09. The van der Waals surface area contributed by atoms with Gasteiger partial charge in [-0.1, -0.05) is 37.3 Å². The van der Waals surface area contributed by atoms with E-state index in [1.807, 2.05) is 25.1 Å². The predicted molar refractivity (Wildman–Crippen MR) is 89.4 cm³/mol. The minimum atomic E-state index is -0.236. The first-order valence-corrected chi connectivity index (χ1v) is 7.42. The Kier molecular flexibility index (Phi) is 5.42. The first kappa shape index (κ1) is 15.9. The van der Waals surface area contributed by atoms with Crippen LogP contribution < -0.4 is 15.4 Å². The quantitative estimate of drug-likeness (QED) is 0.871. The van der Waals surface area contributed by atoms with Gasteiger partial charge in [0, 0.05) is 11.8 Å². The molecule has 2 amide bonds. The molecule has 4 nitrogen and oxygen atoms in total. The minimum Gasteiger partial charge on any atom is -0.497 e. The highest BCUT2D eigenvalue weighted by atomic mass is 16.5. The number of methoxy groups -OCH3 is 1. The minimum absolute atomic E-state index is 0.0588. The van der Waals surface area contributed by atoms with Gasteiger partial charge in [0.1, 0.15) is 5.75 Å². The summed E-state index contributed by atoms with van der Waals surface area (Å²) in [6, 6.07) is 15.3. The van der Waals surface area contributed by atoms with Crippen molar-refractivity contribution in [3.05, 3.63) is 59.7 Å². The van der Waals surface area contributed by atoms with Gasteiger partial charge in [0.05, 0.1) is 13.2 Å². The topological polar surface area (TPSA) is 50.4 Å². The zero-order valence-electron chi connectivity index (χ0n) is 13.2. The maximum absolute atomic E-state index is 12.1. The second-order valence-electron chi connectivity index (χ2n) is 5.15. The summed E-state index contributed by atoms with van der Waals surface area (Å²) in [5, 5.41) is 5.74. The number of amides is 2. The van der Waals surface area contributed by atoms with Crippen molar-refractivity contribution in [3.8, 4) is 5.75 Å². The van der Waals surface area contributed by atoms with Crippen LogP contribution in [0.2, 0.25) is 0 Å². The molecule has 0 aromatic heterocycles. The lowest BCUT2D eigenvalue weighted by molar-refractivity contribution is 0.249. The normalized spacial score (nSPS) is 11.6. The fourth-order valence-electron chi connectivity index (χ4n) is 2.19. The van der Waals surface area contributed by atoms with Crippen LogP contribution in [0.15, 0.2) is 48.5 Å². The standard InChI is InChI=1S/C18H22N2O2/c1-4-14-8-10-15(11-9-14)13(2)19-18(21)20-16-6-5-7-17(12-16)22-3/h5-13H,4H2,1-3H3,(H2,19,20,21). The molecule has 2 N–H and O–H groups in total. The van der Waals surface area contributed by atoms with E-state index >= 15 is 0 Å². The second kappa shape index (κ2) is 7.50. The fraction of sp³-hybridized carbons (Fsp3) is 0.278. The average Bonchev–Trinajstić information content (AvgIpc) is 2.55. The zero-order chi connectivity index (χ0) is 15.9. The van der Waals surface area contributed by atoms with Crippen molar-refractivity contribution >= 4 is 11.7 Å². The van der Waals surface area contributed by atoms with Crippen LogP contribution in [0.4, 0.5) is 10.5 Å². The fourth-order valence-corrected chi connectivity index (χ4v) is 2.19. The van der Waals surface area contributed by atoms with Crippen LogP contribution in [-0.2, 0) is 6.42 Å². The van der Waals surface area contributed by atoms with Gasteiger partial charge in [0.2, 0.25) is 0 Å². The van der Waals surface area contributed by atoms with Crippen molar-refractivity contribution in [2.45, 2.75) is 26.3 Å². The summed E-state index contributed by atoms with van der Waals surface area (Å²) in [7, 11) is 1.60. The SMILES string of the molecule is CCc1ccc(C(C)NC(=O)Nc2cccc(OC)c2)cc1. The maximum Gasteiger partial charge on any atom is 0.319 e. The molecule has 1 atom stereocenters. The Hall–Kier alpha value is -2.49. The maximum atomic E-state index is 12.1. The smallest absolute Gasteiger partial charge is 0.319 e. The van der Waals surface area contributed by atoms with Crippen molar-refractivity contribution in [3.63, 3.8) is 0 Å². The Labute approximate surface area is 131 Å². The number of nitrogens with one attached hydrogen (secondary N) is 2. The molecule has 0 heterocycles. The molecule has 0 aliphatic heterocycles. The molecule has 0 fully saturated rings. The molecular weight excluding hydrogens is 276 g/mol. The molecule has 2 aromatic rings. The van der Waals surface area contributed by atoms with E-state index in [0.717, 1.165) is 12.0 Å². The number of aryl methyl sites for hydroxylation is 1. The van der Waals surface area contributed by atoms with Crippen molar-refractivity contribution in [1.82, 2.24) is 5.32 Å². The number of hydrogen-bond acceptors (Lipinski definition) is 2. The van der Waals surface area contributed by atoms with E-state index < -0.39 is 0 Å². The zero-order valence-corrected chi connectivity index (χ0v) is 13.2. The van der Waals surface area contributed by atoms with Gasteiger partial charge in [-0.2, -0.15) is 0 Å². The Balaban J connectivity index is 1.95. The van der Waals surface area contributed by atoms with Crippen molar-refractivity contribution in [1.29, 1.82) is 0 Å². The number of benzene rings is 2. The largest absolute Gasteiger partial charge is 0.497 e. The lowest BCUT2D eigenvalue weighted by atomic mass is 10.1. The number of ether oxygens (including phenoxy) is 1. The predicted octanol–water partition coefficient (Wildman–Crippen LogP) is 4.14. The van der Waals surface area contributed by atoms with Crippen LogP contribution in [0.25, 0.3) is 0 Å². The third-order valence-corrected chi connectivity index (χ3v) is 3.56. The van der Waals surface area contributed by atoms with Crippen LogP contribution in [0.3, 0.4) is 0 Å². The molecule has 2 rings (SSSR count). The van der Waals surface area contributed by atoms with Gasteiger partial charge in [-0.05, 0) is 36.6 Å². The first-order chi connectivity index (χ1) is 10.6. The van der Waals surface area contributed by atoms with Crippen LogP contribution >= 0.6 is 0 Å². The Bertz CT molecular complexity index is 623. The van der Waals surface area contributed by atoms with Gasteiger partial charge in [-0.3, -0.25) is 0 Å². The van der Waals surface area contributed by atoms with Gasteiger partial charge in [0.25, 0.3) is 0 Å². The third-order valence-electron chi connectivity index (χ3n) is 3.56. The molecule has 0 bridgehead atoms. The first-order valence-electron chi connectivity index (χ1n) is 7.42. The summed E-state index contributed by atoms with van der Waals surface area (Å²) in [4.78, 5) is 12.1. The third kappa shape index (κ3) is 4.25. The molecule has 0 saturated heterocycles. The summed E-state index contributed by atoms with van der Waals surface area (Å²) in [5.74, 6) is 0.709. The molecule has 2 aromatic carbocycles. The molecule has 0 radical (unpaired) electrons. The van der Waals surface area contributed by atoms with Gasteiger partial charge in [0.15, 0.2) is 0 Å². The van der Waals surface area contributed by atoms with Crippen molar-refractivity contribution < 1.29 is 9.53 Å². The molecular formula is C18H22N2O2. The Morgan fingerprint density at radius 1 is 1.18 bits per heavy atom. The Morgan fingerprint density at radius 2 is 1.91 bits per heavy atom. The number of urea groups is 1. The lowest BCUT2D eigenvalue weighted by Gasteiger charge is -2.15.